The lowest BCUT2D eigenvalue weighted by Gasteiger charge is -2.22. The van der Waals surface area contributed by atoms with Crippen LogP contribution in [0.25, 0.3) is 0 Å². The summed E-state index contributed by atoms with van der Waals surface area (Å²) in [6, 6.07) is 6.01. The number of carbonyl (C=O) groups is 1. The molecule has 1 fully saturated rings. The number of aryl methyl sites for hydroxylation is 2. The minimum absolute atomic E-state index is 0.154. The molecule has 1 atom stereocenters. The molecule has 0 aliphatic carbocycles. The highest BCUT2D eigenvalue weighted by molar-refractivity contribution is 6.00. The van der Waals surface area contributed by atoms with E-state index in [9.17, 15) is 4.79 Å². The molecular formula is C14H18O2. The van der Waals surface area contributed by atoms with E-state index in [1.165, 1.54) is 0 Å². The molecule has 0 aromatic heterocycles. The second-order valence-corrected chi connectivity index (χ2v) is 4.54. The second-order valence-electron chi connectivity index (χ2n) is 4.54. The van der Waals surface area contributed by atoms with Gasteiger partial charge in [0.05, 0.1) is 0 Å². The Morgan fingerprint density at radius 1 is 1.31 bits per heavy atom. The van der Waals surface area contributed by atoms with E-state index in [0.29, 0.717) is 0 Å². The van der Waals surface area contributed by atoms with Crippen LogP contribution >= 0.6 is 0 Å². The van der Waals surface area contributed by atoms with Gasteiger partial charge >= 0.3 is 0 Å². The normalized spacial score (nSPS) is 20.8. The molecule has 2 nitrogen and oxygen atoms in total. The molecule has 1 aromatic rings. The standard InChI is InChI=1S/C14H18O2/c1-10-6-7-11(2)12(9-10)14(15)13-5-3-4-8-16-13/h6-7,9,13H,3-5,8H2,1-2H3. The lowest BCUT2D eigenvalue weighted by Crippen LogP contribution is -2.28. The smallest absolute Gasteiger partial charge is 0.191 e. The summed E-state index contributed by atoms with van der Waals surface area (Å²) in [6.45, 7) is 4.72. The number of ketones is 1. The minimum atomic E-state index is -0.214. The van der Waals surface area contributed by atoms with Gasteiger partial charge < -0.3 is 4.74 Å². The molecule has 0 radical (unpaired) electrons. The van der Waals surface area contributed by atoms with E-state index in [2.05, 4.69) is 0 Å². The first-order valence-electron chi connectivity index (χ1n) is 5.91. The first kappa shape index (κ1) is 11.3. The quantitative estimate of drug-likeness (QED) is 0.713. The molecule has 1 aliphatic rings. The van der Waals surface area contributed by atoms with Crippen molar-refractivity contribution in [2.45, 2.75) is 39.2 Å². The molecule has 0 spiro atoms. The third-order valence-corrected chi connectivity index (χ3v) is 3.13. The van der Waals surface area contributed by atoms with Gasteiger partial charge in [-0.25, -0.2) is 0 Å². The van der Waals surface area contributed by atoms with Gasteiger partial charge in [0.15, 0.2) is 5.78 Å². The van der Waals surface area contributed by atoms with Crippen molar-refractivity contribution in [3.05, 3.63) is 34.9 Å². The van der Waals surface area contributed by atoms with Crippen LogP contribution in [-0.4, -0.2) is 18.5 Å². The molecule has 1 heterocycles. The third-order valence-electron chi connectivity index (χ3n) is 3.13. The number of Topliss-reactive ketones (excluding diaryl/α,β-unsaturated/α-hetero) is 1. The summed E-state index contributed by atoms with van der Waals surface area (Å²) < 4.78 is 5.54. The highest BCUT2D eigenvalue weighted by atomic mass is 16.5. The van der Waals surface area contributed by atoms with E-state index in [4.69, 9.17) is 4.74 Å². The minimum Gasteiger partial charge on any atom is -0.370 e. The number of benzene rings is 1. The van der Waals surface area contributed by atoms with E-state index >= 15 is 0 Å². The van der Waals surface area contributed by atoms with Crippen LogP contribution in [-0.2, 0) is 4.74 Å². The maximum absolute atomic E-state index is 12.2. The Bertz CT molecular complexity index is 390. The van der Waals surface area contributed by atoms with Crippen LogP contribution in [0.3, 0.4) is 0 Å². The fourth-order valence-electron chi connectivity index (χ4n) is 2.12. The molecule has 1 unspecified atom stereocenters. The summed E-state index contributed by atoms with van der Waals surface area (Å²) in [5.41, 5.74) is 3.00. The SMILES string of the molecule is Cc1ccc(C)c(C(=O)C2CCCCO2)c1. The highest BCUT2D eigenvalue weighted by Crippen LogP contribution is 2.20. The van der Waals surface area contributed by atoms with Crippen molar-refractivity contribution in [2.75, 3.05) is 6.61 Å². The van der Waals surface area contributed by atoms with Crippen LogP contribution in [0.2, 0.25) is 0 Å². The van der Waals surface area contributed by atoms with Crippen LogP contribution in [0.4, 0.5) is 0 Å². The maximum atomic E-state index is 12.2. The van der Waals surface area contributed by atoms with Gasteiger partial charge in [-0.15, -0.1) is 0 Å². The predicted octanol–water partition coefficient (Wildman–Crippen LogP) is 3.06. The summed E-state index contributed by atoms with van der Waals surface area (Å²) in [4.78, 5) is 12.2. The Labute approximate surface area is 96.6 Å². The first-order valence-corrected chi connectivity index (χ1v) is 5.91. The van der Waals surface area contributed by atoms with Crippen molar-refractivity contribution in [3.8, 4) is 0 Å². The maximum Gasteiger partial charge on any atom is 0.191 e. The largest absolute Gasteiger partial charge is 0.370 e. The Kier molecular flexibility index (Phi) is 3.39. The fourth-order valence-corrected chi connectivity index (χ4v) is 2.12. The van der Waals surface area contributed by atoms with Crippen molar-refractivity contribution in [2.24, 2.45) is 0 Å². The molecule has 0 amide bonds. The van der Waals surface area contributed by atoms with E-state index in [0.717, 1.165) is 42.6 Å². The zero-order valence-corrected chi connectivity index (χ0v) is 9.95. The van der Waals surface area contributed by atoms with Crippen LogP contribution in [0.1, 0.15) is 40.7 Å². The molecule has 2 rings (SSSR count). The summed E-state index contributed by atoms with van der Waals surface area (Å²) in [7, 11) is 0. The monoisotopic (exact) mass is 218 g/mol. The number of hydrogen-bond acceptors (Lipinski definition) is 2. The number of rotatable bonds is 2. The number of ether oxygens (including phenoxy) is 1. The van der Waals surface area contributed by atoms with Gasteiger partial charge in [-0.05, 0) is 44.7 Å². The Balaban J connectivity index is 2.22. The predicted molar refractivity (Wildman–Crippen MR) is 63.8 cm³/mol. The molecule has 16 heavy (non-hydrogen) atoms. The summed E-state index contributed by atoms with van der Waals surface area (Å²) >= 11 is 0. The highest BCUT2D eigenvalue weighted by Gasteiger charge is 2.24. The summed E-state index contributed by atoms with van der Waals surface area (Å²) in [6.07, 6.45) is 2.83. The lowest BCUT2D eigenvalue weighted by molar-refractivity contribution is 0.0186. The third kappa shape index (κ3) is 2.33. The van der Waals surface area contributed by atoms with Crippen molar-refractivity contribution < 1.29 is 9.53 Å². The molecule has 0 saturated carbocycles. The molecule has 0 N–H and O–H groups in total. The van der Waals surface area contributed by atoms with Crippen LogP contribution in [0.15, 0.2) is 18.2 Å². The van der Waals surface area contributed by atoms with E-state index in [-0.39, 0.29) is 11.9 Å². The van der Waals surface area contributed by atoms with Gasteiger partial charge in [-0.1, -0.05) is 17.7 Å². The second kappa shape index (κ2) is 4.79. The van der Waals surface area contributed by atoms with Gasteiger partial charge in [-0.3, -0.25) is 4.79 Å². The molecule has 1 saturated heterocycles. The summed E-state index contributed by atoms with van der Waals surface area (Å²) in [5, 5.41) is 0. The number of carbonyl (C=O) groups excluding carboxylic acids is 1. The van der Waals surface area contributed by atoms with Gasteiger partial charge in [-0.2, -0.15) is 0 Å². The van der Waals surface area contributed by atoms with Gasteiger partial charge in [0, 0.05) is 12.2 Å². The van der Waals surface area contributed by atoms with Gasteiger partial charge in [0.25, 0.3) is 0 Å². The molecular weight excluding hydrogens is 200 g/mol. The molecule has 86 valence electrons. The topological polar surface area (TPSA) is 26.3 Å². The molecule has 1 aromatic carbocycles. The number of hydrogen-bond donors (Lipinski definition) is 0. The zero-order valence-electron chi connectivity index (χ0n) is 9.95. The first-order chi connectivity index (χ1) is 7.68. The lowest BCUT2D eigenvalue weighted by atomic mass is 9.95. The van der Waals surface area contributed by atoms with Crippen LogP contribution in [0.5, 0.6) is 0 Å². The Hall–Kier alpha value is -1.15. The van der Waals surface area contributed by atoms with Crippen LogP contribution in [0, 0.1) is 13.8 Å². The van der Waals surface area contributed by atoms with E-state index < -0.39 is 0 Å². The van der Waals surface area contributed by atoms with Crippen molar-refractivity contribution >= 4 is 5.78 Å². The van der Waals surface area contributed by atoms with Gasteiger partial charge in [0.2, 0.25) is 0 Å². The van der Waals surface area contributed by atoms with E-state index in [1.807, 2.05) is 32.0 Å². The molecule has 0 bridgehead atoms. The van der Waals surface area contributed by atoms with E-state index in [1.54, 1.807) is 0 Å². The van der Waals surface area contributed by atoms with Gasteiger partial charge in [0.1, 0.15) is 6.10 Å². The average Bonchev–Trinajstić information content (AvgIpc) is 2.32. The summed E-state index contributed by atoms with van der Waals surface area (Å²) in [5.74, 6) is 0.154. The van der Waals surface area contributed by atoms with Crippen molar-refractivity contribution in [1.82, 2.24) is 0 Å². The van der Waals surface area contributed by atoms with Crippen molar-refractivity contribution in [3.63, 3.8) is 0 Å². The van der Waals surface area contributed by atoms with Crippen molar-refractivity contribution in [1.29, 1.82) is 0 Å². The molecule has 1 aliphatic heterocycles. The zero-order chi connectivity index (χ0) is 11.5. The Morgan fingerprint density at radius 3 is 2.81 bits per heavy atom. The Morgan fingerprint density at radius 2 is 2.12 bits per heavy atom. The average molecular weight is 218 g/mol. The van der Waals surface area contributed by atoms with Crippen LogP contribution < -0.4 is 0 Å². The molecule has 2 heteroatoms. The fraction of sp³-hybridized carbons (Fsp3) is 0.500.